The van der Waals surface area contributed by atoms with E-state index in [4.69, 9.17) is 4.74 Å². The summed E-state index contributed by atoms with van der Waals surface area (Å²) in [6.45, 7) is 8.49. The van der Waals surface area contributed by atoms with Crippen LogP contribution in [-0.2, 0) is 17.9 Å². The molecule has 128 valence electrons. The molecular weight excluding hydrogens is 318 g/mol. The van der Waals surface area contributed by atoms with Crippen LogP contribution in [0, 0.1) is 6.92 Å². The third-order valence-corrected chi connectivity index (χ3v) is 6.02. The zero-order valence-electron chi connectivity index (χ0n) is 14.2. The van der Waals surface area contributed by atoms with E-state index in [0.717, 1.165) is 25.2 Å². The minimum Gasteiger partial charge on any atom is -0.371 e. The zero-order chi connectivity index (χ0) is 16.4. The molecule has 24 heavy (non-hydrogen) atoms. The molecule has 0 aromatic carbocycles. The molecule has 2 atom stereocenters. The molecule has 2 saturated heterocycles. The van der Waals surface area contributed by atoms with Crippen molar-refractivity contribution >= 4 is 11.3 Å². The summed E-state index contributed by atoms with van der Waals surface area (Å²) in [5.41, 5.74) is 1.03. The minimum absolute atomic E-state index is 0.348. The number of rotatable bonds is 5. The lowest BCUT2D eigenvalue weighted by atomic mass is 10.1. The summed E-state index contributed by atoms with van der Waals surface area (Å²) in [7, 11) is 0. The highest BCUT2D eigenvalue weighted by molar-refractivity contribution is 7.11. The number of ether oxygens (including phenoxy) is 1. The van der Waals surface area contributed by atoms with E-state index in [0.29, 0.717) is 18.8 Å². The highest BCUT2D eigenvalue weighted by Crippen LogP contribution is 2.26. The van der Waals surface area contributed by atoms with Crippen molar-refractivity contribution in [3.05, 3.63) is 52.0 Å². The fourth-order valence-corrected chi connectivity index (χ4v) is 4.74. The first kappa shape index (κ1) is 16.2. The summed E-state index contributed by atoms with van der Waals surface area (Å²) in [4.78, 5) is 12.5. The smallest absolute Gasteiger partial charge is 0.0892 e. The van der Waals surface area contributed by atoms with Crippen molar-refractivity contribution in [3.63, 3.8) is 0 Å². The van der Waals surface area contributed by atoms with Crippen LogP contribution in [0.4, 0.5) is 0 Å². The summed E-state index contributed by atoms with van der Waals surface area (Å²) in [6.07, 6.45) is 3.33. The van der Waals surface area contributed by atoms with Crippen LogP contribution in [0.3, 0.4) is 0 Å². The predicted octanol–water partition coefficient (Wildman–Crippen LogP) is 2.93. The van der Waals surface area contributed by atoms with Crippen LogP contribution in [-0.4, -0.2) is 53.1 Å². The van der Waals surface area contributed by atoms with Gasteiger partial charge in [-0.15, -0.1) is 11.3 Å². The van der Waals surface area contributed by atoms with Gasteiger partial charge in [0, 0.05) is 54.7 Å². The number of aromatic nitrogens is 1. The van der Waals surface area contributed by atoms with Crippen molar-refractivity contribution < 1.29 is 4.74 Å². The zero-order valence-corrected chi connectivity index (χ0v) is 15.0. The van der Waals surface area contributed by atoms with E-state index in [-0.39, 0.29) is 0 Å². The van der Waals surface area contributed by atoms with Gasteiger partial charge in [-0.1, -0.05) is 6.07 Å². The summed E-state index contributed by atoms with van der Waals surface area (Å²) >= 11 is 1.93. The maximum absolute atomic E-state index is 6.12. The van der Waals surface area contributed by atoms with E-state index >= 15 is 0 Å². The maximum atomic E-state index is 6.12. The lowest BCUT2D eigenvalue weighted by Gasteiger charge is -2.37. The standard InChI is InChI=1S/C19H25N3OS/c1-15-5-6-19(24-15)13-21-8-9-22-12-18(10-17(22)11-21)23-14-16-4-2-3-7-20-16/h2-7,17-18H,8-14H2,1H3/t17-,18+/m1/s1. The largest absolute Gasteiger partial charge is 0.371 e. The fourth-order valence-electron chi connectivity index (χ4n) is 3.80. The molecule has 2 aliphatic heterocycles. The second kappa shape index (κ2) is 7.31. The van der Waals surface area contributed by atoms with Crippen molar-refractivity contribution in [1.29, 1.82) is 0 Å². The van der Waals surface area contributed by atoms with E-state index in [2.05, 4.69) is 33.8 Å². The van der Waals surface area contributed by atoms with Crippen LogP contribution in [0.15, 0.2) is 36.5 Å². The minimum atomic E-state index is 0.348. The first-order chi connectivity index (χ1) is 11.8. The number of fused-ring (bicyclic) bond motifs is 1. The van der Waals surface area contributed by atoms with Crippen molar-refractivity contribution in [2.24, 2.45) is 0 Å². The molecule has 0 radical (unpaired) electrons. The van der Waals surface area contributed by atoms with Crippen molar-refractivity contribution in [3.8, 4) is 0 Å². The van der Waals surface area contributed by atoms with E-state index in [1.807, 2.05) is 35.7 Å². The molecule has 0 saturated carbocycles. The Bertz CT molecular complexity index is 660. The molecule has 2 aliphatic rings. The summed E-state index contributed by atoms with van der Waals surface area (Å²) in [5.74, 6) is 0. The number of nitrogens with zero attached hydrogens (tertiary/aromatic N) is 3. The second-order valence-electron chi connectivity index (χ2n) is 6.89. The number of aryl methyl sites for hydroxylation is 1. The van der Waals surface area contributed by atoms with Gasteiger partial charge in [-0.3, -0.25) is 14.8 Å². The van der Waals surface area contributed by atoms with Crippen molar-refractivity contribution in [1.82, 2.24) is 14.8 Å². The molecule has 0 unspecified atom stereocenters. The van der Waals surface area contributed by atoms with Crippen molar-refractivity contribution in [2.45, 2.75) is 38.6 Å². The third kappa shape index (κ3) is 3.86. The fraction of sp³-hybridized carbons (Fsp3) is 0.526. The van der Waals surface area contributed by atoms with Crippen LogP contribution in [0.5, 0.6) is 0 Å². The molecule has 0 N–H and O–H groups in total. The van der Waals surface area contributed by atoms with Gasteiger partial charge in [-0.2, -0.15) is 0 Å². The molecule has 0 spiro atoms. The van der Waals surface area contributed by atoms with Gasteiger partial charge in [-0.25, -0.2) is 0 Å². The lowest BCUT2D eigenvalue weighted by Crippen LogP contribution is -2.49. The van der Waals surface area contributed by atoms with Gasteiger partial charge in [0.25, 0.3) is 0 Å². The van der Waals surface area contributed by atoms with Crippen LogP contribution in [0.2, 0.25) is 0 Å². The average Bonchev–Trinajstić information content (AvgIpc) is 3.19. The van der Waals surface area contributed by atoms with E-state index < -0.39 is 0 Å². The van der Waals surface area contributed by atoms with Crippen LogP contribution >= 0.6 is 11.3 Å². The van der Waals surface area contributed by atoms with E-state index in [9.17, 15) is 0 Å². The summed E-state index contributed by atoms with van der Waals surface area (Å²) in [6, 6.07) is 11.2. The molecule has 4 rings (SSSR count). The molecule has 5 heteroatoms. The summed E-state index contributed by atoms with van der Waals surface area (Å²) < 4.78 is 6.12. The Balaban J connectivity index is 1.27. The maximum Gasteiger partial charge on any atom is 0.0892 e. The molecule has 4 nitrogen and oxygen atoms in total. The number of hydrogen-bond acceptors (Lipinski definition) is 5. The third-order valence-electron chi connectivity index (χ3n) is 5.03. The molecule has 0 aliphatic carbocycles. The Labute approximate surface area is 148 Å². The van der Waals surface area contributed by atoms with Crippen LogP contribution in [0.1, 0.15) is 21.9 Å². The Kier molecular flexibility index (Phi) is 4.94. The molecule has 4 heterocycles. The molecule has 0 amide bonds. The number of pyridine rings is 1. The predicted molar refractivity (Wildman–Crippen MR) is 97.1 cm³/mol. The first-order valence-corrected chi connectivity index (χ1v) is 9.61. The quantitative estimate of drug-likeness (QED) is 0.835. The molecule has 0 bridgehead atoms. The monoisotopic (exact) mass is 343 g/mol. The Morgan fingerprint density at radius 2 is 2.17 bits per heavy atom. The second-order valence-corrected chi connectivity index (χ2v) is 8.26. The van der Waals surface area contributed by atoms with Gasteiger partial charge in [0.1, 0.15) is 0 Å². The van der Waals surface area contributed by atoms with Gasteiger partial charge >= 0.3 is 0 Å². The molecular formula is C19H25N3OS. The highest BCUT2D eigenvalue weighted by Gasteiger charge is 2.36. The number of thiophene rings is 1. The lowest BCUT2D eigenvalue weighted by molar-refractivity contribution is 0.0440. The van der Waals surface area contributed by atoms with Crippen LogP contribution in [0.25, 0.3) is 0 Å². The van der Waals surface area contributed by atoms with Gasteiger partial charge in [0.15, 0.2) is 0 Å². The molecule has 2 aromatic rings. The van der Waals surface area contributed by atoms with Gasteiger partial charge in [0.2, 0.25) is 0 Å². The molecule has 2 aromatic heterocycles. The topological polar surface area (TPSA) is 28.6 Å². The SMILES string of the molecule is Cc1ccc(CN2CCN3C[C@@H](OCc4ccccn4)C[C@@H]3C2)s1. The van der Waals surface area contributed by atoms with Gasteiger partial charge < -0.3 is 4.74 Å². The first-order valence-electron chi connectivity index (χ1n) is 8.79. The van der Waals surface area contributed by atoms with Crippen molar-refractivity contribution in [2.75, 3.05) is 26.2 Å². The van der Waals surface area contributed by atoms with Gasteiger partial charge in [-0.05, 0) is 37.6 Å². The molecule has 2 fully saturated rings. The average molecular weight is 343 g/mol. The van der Waals surface area contributed by atoms with Crippen LogP contribution < -0.4 is 0 Å². The van der Waals surface area contributed by atoms with E-state index in [1.165, 1.54) is 29.4 Å². The Morgan fingerprint density at radius 3 is 2.96 bits per heavy atom. The normalized spacial score (nSPS) is 25.0. The number of hydrogen-bond donors (Lipinski definition) is 0. The summed E-state index contributed by atoms with van der Waals surface area (Å²) in [5, 5.41) is 0. The Hall–Kier alpha value is -1.27. The number of piperazine rings is 1. The Morgan fingerprint density at radius 1 is 1.21 bits per heavy atom. The van der Waals surface area contributed by atoms with Gasteiger partial charge in [0.05, 0.1) is 18.4 Å². The van der Waals surface area contributed by atoms with E-state index in [1.54, 1.807) is 0 Å². The highest BCUT2D eigenvalue weighted by atomic mass is 32.1.